The molecule has 0 saturated heterocycles. The van der Waals surface area contributed by atoms with Gasteiger partial charge in [0.1, 0.15) is 17.5 Å². The molecule has 4 nitrogen and oxygen atoms in total. The molecule has 4 heteroatoms. The molecule has 1 heterocycles. The van der Waals surface area contributed by atoms with Crippen LogP contribution >= 0.6 is 0 Å². The van der Waals surface area contributed by atoms with E-state index < -0.39 is 0 Å². The van der Waals surface area contributed by atoms with Crippen LogP contribution in [0.2, 0.25) is 0 Å². The predicted molar refractivity (Wildman–Crippen MR) is 80.2 cm³/mol. The fourth-order valence-corrected chi connectivity index (χ4v) is 2.04. The summed E-state index contributed by atoms with van der Waals surface area (Å²) in [5.41, 5.74) is 3.53. The number of anilines is 3. The standard InChI is InChI=1S/C15H20N4/c1-5-13-18-14(16-4)9-15(19-13)17-12-7-10(2)6-11(3)8-12/h6-9H,5H2,1-4H3,(H2,16,17,18,19). The van der Waals surface area contributed by atoms with E-state index in [9.17, 15) is 0 Å². The van der Waals surface area contributed by atoms with Crippen molar-refractivity contribution in [3.8, 4) is 0 Å². The van der Waals surface area contributed by atoms with Crippen molar-refractivity contribution in [1.82, 2.24) is 9.97 Å². The van der Waals surface area contributed by atoms with Gasteiger partial charge in [0.15, 0.2) is 0 Å². The zero-order chi connectivity index (χ0) is 13.8. The molecule has 19 heavy (non-hydrogen) atoms. The van der Waals surface area contributed by atoms with E-state index in [0.717, 1.165) is 29.6 Å². The molecule has 0 saturated carbocycles. The molecule has 0 aliphatic heterocycles. The van der Waals surface area contributed by atoms with Crippen molar-refractivity contribution in [2.45, 2.75) is 27.2 Å². The van der Waals surface area contributed by atoms with Crippen LogP contribution in [0.5, 0.6) is 0 Å². The summed E-state index contributed by atoms with van der Waals surface area (Å²) in [4.78, 5) is 8.88. The van der Waals surface area contributed by atoms with Crippen molar-refractivity contribution < 1.29 is 0 Å². The molecule has 0 fully saturated rings. The number of hydrogen-bond acceptors (Lipinski definition) is 4. The minimum atomic E-state index is 0.817. The zero-order valence-electron chi connectivity index (χ0n) is 11.9. The van der Waals surface area contributed by atoms with Crippen LogP contribution in [0.25, 0.3) is 0 Å². The maximum absolute atomic E-state index is 4.49. The van der Waals surface area contributed by atoms with Gasteiger partial charge in [0.05, 0.1) is 0 Å². The maximum Gasteiger partial charge on any atom is 0.136 e. The fraction of sp³-hybridized carbons (Fsp3) is 0.333. The summed E-state index contributed by atoms with van der Waals surface area (Å²) in [5.74, 6) is 2.48. The lowest BCUT2D eigenvalue weighted by Gasteiger charge is -2.10. The molecular weight excluding hydrogens is 236 g/mol. The Labute approximate surface area is 114 Å². The van der Waals surface area contributed by atoms with E-state index in [1.54, 1.807) is 0 Å². The monoisotopic (exact) mass is 256 g/mol. The molecular formula is C15H20N4. The largest absolute Gasteiger partial charge is 0.373 e. The summed E-state index contributed by atoms with van der Waals surface area (Å²) in [5, 5.41) is 6.40. The minimum absolute atomic E-state index is 0.817. The molecule has 0 atom stereocenters. The van der Waals surface area contributed by atoms with Crippen LogP contribution in [-0.2, 0) is 6.42 Å². The molecule has 1 aromatic heterocycles. The number of nitrogens with zero attached hydrogens (tertiary/aromatic N) is 2. The van der Waals surface area contributed by atoms with E-state index in [4.69, 9.17) is 0 Å². The van der Waals surface area contributed by atoms with Crippen LogP contribution in [0.15, 0.2) is 24.3 Å². The first-order valence-electron chi connectivity index (χ1n) is 6.51. The molecule has 0 aliphatic rings. The summed E-state index contributed by atoms with van der Waals surface area (Å²) < 4.78 is 0. The second-order valence-corrected chi connectivity index (χ2v) is 4.66. The Morgan fingerprint density at radius 3 is 2.16 bits per heavy atom. The van der Waals surface area contributed by atoms with Gasteiger partial charge >= 0.3 is 0 Å². The third kappa shape index (κ3) is 3.44. The number of aromatic nitrogens is 2. The van der Waals surface area contributed by atoms with Crippen LogP contribution < -0.4 is 10.6 Å². The van der Waals surface area contributed by atoms with Gasteiger partial charge in [-0.05, 0) is 37.1 Å². The average molecular weight is 256 g/mol. The molecule has 0 spiro atoms. The molecule has 0 bridgehead atoms. The van der Waals surface area contributed by atoms with E-state index >= 15 is 0 Å². The van der Waals surface area contributed by atoms with Gasteiger partial charge in [-0.25, -0.2) is 9.97 Å². The molecule has 2 rings (SSSR count). The Morgan fingerprint density at radius 2 is 1.58 bits per heavy atom. The van der Waals surface area contributed by atoms with Crippen molar-refractivity contribution in [3.63, 3.8) is 0 Å². The van der Waals surface area contributed by atoms with E-state index in [2.05, 4.69) is 59.6 Å². The van der Waals surface area contributed by atoms with Crippen molar-refractivity contribution in [1.29, 1.82) is 0 Å². The van der Waals surface area contributed by atoms with Crippen LogP contribution in [0.1, 0.15) is 23.9 Å². The highest BCUT2D eigenvalue weighted by Crippen LogP contribution is 2.20. The van der Waals surface area contributed by atoms with Gasteiger partial charge < -0.3 is 10.6 Å². The van der Waals surface area contributed by atoms with E-state index in [1.165, 1.54) is 11.1 Å². The normalized spacial score (nSPS) is 10.3. The third-order valence-corrected chi connectivity index (χ3v) is 2.84. The van der Waals surface area contributed by atoms with Crippen LogP contribution in [-0.4, -0.2) is 17.0 Å². The molecule has 0 amide bonds. The van der Waals surface area contributed by atoms with Crippen LogP contribution in [0.4, 0.5) is 17.3 Å². The first-order chi connectivity index (χ1) is 9.10. The Bertz CT molecular complexity index is 536. The number of benzene rings is 1. The second kappa shape index (κ2) is 5.69. The number of hydrogen-bond donors (Lipinski definition) is 2. The number of aryl methyl sites for hydroxylation is 3. The molecule has 2 N–H and O–H groups in total. The van der Waals surface area contributed by atoms with Crippen molar-refractivity contribution in [3.05, 3.63) is 41.2 Å². The molecule has 1 aromatic carbocycles. The van der Waals surface area contributed by atoms with E-state index in [1.807, 2.05) is 13.1 Å². The summed E-state index contributed by atoms with van der Waals surface area (Å²) in [6.07, 6.45) is 0.817. The van der Waals surface area contributed by atoms with Gasteiger partial charge in [0.25, 0.3) is 0 Å². The van der Waals surface area contributed by atoms with Gasteiger partial charge in [-0.1, -0.05) is 13.0 Å². The summed E-state index contributed by atoms with van der Waals surface area (Å²) in [6, 6.07) is 8.29. The van der Waals surface area contributed by atoms with E-state index in [0.29, 0.717) is 0 Å². The van der Waals surface area contributed by atoms with Gasteiger partial charge in [0.2, 0.25) is 0 Å². The Hall–Kier alpha value is -2.10. The fourth-order valence-electron chi connectivity index (χ4n) is 2.04. The number of rotatable bonds is 4. The Morgan fingerprint density at radius 1 is 0.947 bits per heavy atom. The van der Waals surface area contributed by atoms with E-state index in [-0.39, 0.29) is 0 Å². The Balaban J connectivity index is 2.31. The molecule has 100 valence electrons. The van der Waals surface area contributed by atoms with Crippen LogP contribution in [0.3, 0.4) is 0 Å². The highest BCUT2D eigenvalue weighted by atomic mass is 15.1. The van der Waals surface area contributed by atoms with Gasteiger partial charge in [-0.3, -0.25) is 0 Å². The van der Waals surface area contributed by atoms with Gasteiger partial charge in [0, 0.05) is 25.2 Å². The topological polar surface area (TPSA) is 49.8 Å². The van der Waals surface area contributed by atoms with Gasteiger partial charge in [-0.15, -0.1) is 0 Å². The quantitative estimate of drug-likeness (QED) is 0.879. The number of nitrogens with one attached hydrogen (secondary N) is 2. The first kappa shape index (κ1) is 13.3. The lowest BCUT2D eigenvalue weighted by Crippen LogP contribution is -2.03. The zero-order valence-corrected chi connectivity index (χ0v) is 11.9. The minimum Gasteiger partial charge on any atom is -0.373 e. The van der Waals surface area contributed by atoms with Gasteiger partial charge in [-0.2, -0.15) is 0 Å². The summed E-state index contributed by atoms with van der Waals surface area (Å²) in [7, 11) is 1.86. The SMILES string of the molecule is CCc1nc(NC)cc(Nc2cc(C)cc(C)c2)n1. The first-order valence-corrected chi connectivity index (χ1v) is 6.51. The van der Waals surface area contributed by atoms with Crippen molar-refractivity contribution >= 4 is 17.3 Å². The average Bonchev–Trinajstić information content (AvgIpc) is 2.37. The third-order valence-electron chi connectivity index (χ3n) is 2.84. The maximum atomic E-state index is 4.49. The lowest BCUT2D eigenvalue weighted by molar-refractivity contribution is 0.944. The van der Waals surface area contributed by atoms with Crippen molar-refractivity contribution in [2.24, 2.45) is 0 Å². The molecule has 0 radical (unpaired) electrons. The van der Waals surface area contributed by atoms with Crippen molar-refractivity contribution in [2.75, 3.05) is 17.7 Å². The summed E-state index contributed by atoms with van der Waals surface area (Å²) in [6.45, 7) is 6.23. The second-order valence-electron chi connectivity index (χ2n) is 4.66. The summed E-state index contributed by atoms with van der Waals surface area (Å²) >= 11 is 0. The molecule has 2 aromatic rings. The predicted octanol–water partition coefficient (Wildman–Crippen LogP) is 3.44. The molecule has 0 unspecified atom stereocenters. The van der Waals surface area contributed by atoms with Crippen LogP contribution in [0, 0.1) is 13.8 Å². The molecule has 0 aliphatic carbocycles. The highest BCUT2D eigenvalue weighted by molar-refractivity contribution is 5.60. The lowest BCUT2D eigenvalue weighted by atomic mass is 10.1. The Kier molecular flexibility index (Phi) is 4.00. The highest BCUT2D eigenvalue weighted by Gasteiger charge is 2.03. The smallest absolute Gasteiger partial charge is 0.136 e.